The largest absolute Gasteiger partial charge is 0.507 e. The summed E-state index contributed by atoms with van der Waals surface area (Å²) in [6.07, 6.45) is 9.36. The summed E-state index contributed by atoms with van der Waals surface area (Å²) < 4.78 is 0. The van der Waals surface area contributed by atoms with Gasteiger partial charge in [-0.3, -0.25) is 14.6 Å². The van der Waals surface area contributed by atoms with Gasteiger partial charge in [-0.2, -0.15) is 0 Å². The minimum Gasteiger partial charge on any atom is -0.507 e. The number of amides is 1. The molecule has 1 N–H and O–H groups in total. The predicted octanol–water partition coefficient (Wildman–Crippen LogP) is 4.18. The van der Waals surface area contributed by atoms with Gasteiger partial charge < -0.3 is 10.0 Å². The van der Waals surface area contributed by atoms with Crippen LogP contribution in [0.3, 0.4) is 0 Å². The van der Waals surface area contributed by atoms with Crippen LogP contribution in [0.5, 0.6) is 0 Å². The molecule has 0 bridgehead atoms. The highest BCUT2D eigenvalue weighted by molar-refractivity contribution is 6.46. The molecule has 150 valence electrons. The van der Waals surface area contributed by atoms with Gasteiger partial charge in [0.2, 0.25) is 0 Å². The second kappa shape index (κ2) is 8.19. The Hall–Kier alpha value is -2.95. The van der Waals surface area contributed by atoms with E-state index in [4.69, 9.17) is 0 Å². The first-order chi connectivity index (χ1) is 14.1. The maximum atomic E-state index is 12.9. The first kappa shape index (κ1) is 19.4. The molecular weight excluding hydrogens is 364 g/mol. The number of ketones is 1. The van der Waals surface area contributed by atoms with Crippen LogP contribution in [-0.2, 0) is 22.4 Å². The van der Waals surface area contributed by atoms with Gasteiger partial charge in [0.1, 0.15) is 5.76 Å². The number of hydrogen-bond donors (Lipinski definition) is 1. The summed E-state index contributed by atoms with van der Waals surface area (Å²) in [5, 5.41) is 11.1. The van der Waals surface area contributed by atoms with Crippen LogP contribution in [0.4, 0.5) is 0 Å². The smallest absolute Gasteiger partial charge is 0.295 e. The number of carbonyl (C=O) groups is 2. The molecule has 1 fully saturated rings. The first-order valence-electron chi connectivity index (χ1n) is 10.4. The third-order valence-corrected chi connectivity index (χ3v) is 5.94. The highest BCUT2D eigenvalue weighted by atomic mass is 16.3. The van der Waals surface area contributed by atoms with E-state index < -0.39 is 17.7 Å². The van der Waals surface area contributed by atoms with E-state index in [1.807, 2.05) is 25.1 Å². The number of aliphatic hydroxyl groups excluding tert-OH is 1. The van der Waals surface area contributed by atoms with Gasteiger partial charge in [0.15, 0.2) is 0 Å². The molecule has 4 rings (SSSR count). The predicted molar refractivity (Wildman–Crippen MR) is 111 cm³/mol. The number of benzene rings is 1. The number of aliphatic hydroxyl groups is 1. The second-order valence-electron chi connectivity index (χ2n) is 7.82. The lowest BCUT2D eigenvalue weighted by Crippen LogP contribution is -2.30. The molecule has 5 nitrogen and oxygen atoms in total. The van der Waals surface area contributed by atoms with Crippen molar-refractivity contribution in [1.82, 2.24) is 9.88 Å². The lowest BCUT2D eigenvalue weighted by atomic mass is 9.89. The van der Waals surface area contributed by atoms with Crippen LogP contribution in [-0.4, -0.2) is 33.2 Å². The fraction of sp³-hybridized carbons (Fsp3) is 0.375. The van der Waals surface area contributed by atoms with Crippen molar-refractivity contribution in [2.45, 2.75) is 51.5 Å². The number of pyridine rings is 1. The van der Waals surface area contributed by atoms with E-state index in [0.29, 0.717) is 12.1 Å². The molecule has 0 spiro atoms. The Morgan fingerprint density at radius 2 is 1.83 bits per heavy atom. The van der Waals surface area contributed by atoms with Crippen molar-refractivity contribution in [3.05, 3.63) is 70.6 Å². The average Bonchev–Trinajstić information content (AvgIpc) is 3.02. The lowest BCUT2D eigenvalue weighted by Gasteiger charge is -2.25. The van der Waals surface area contributed by atoms with Gasteiger partial charge >= 0.3 is 0 Å². The van der Waals surface area contributed by atoms with Gasteiger partial charge in [0, 0.05) is 24.5 Å². The van der Waals surface area contributed by atoms with Crippen molar-refractivity contribution in [2.24, 2.45) is 0 Å². The number of Topliss-reactive ketones (excluding diaryl/α,β-unsaturated/α-hetero) is 1. The topological polar surface area (TPSA) is 70.5 Å². The SMILES string of the molecule is CCCCN1C(=O)C(=O)/C(=C(\O)c2ccc3c(c2)CCCC3)C1c1ccncc1. The third-order valence-electron chi connectivity index (χ3n) is 5.94. The normalized spacial score (nSPS) is 20.7. The van der Waals surface area contributed by atoms with E-state index in [2.05, 4.69) is 4.98 Å². The Balaban J connectivity index is 1.82. The number of rotatable bonds is 5. The lowest BCUT2D eigenvalue weighted by molar-refractivity contribution is -0.139. The number of aryl methyl sites for hydroxylation is 2. The highest BCUT2D eigenvalue weighted by Gasteiger charge is 2.45. The molecule has 0 radical (unpaired) electrons. The van der Waals surface area contributed by atoms with Gasteiger partial charge in [0.05, 0.1) is 11.6 Å². The number of likely N-dealkylation sites (tertiary alicyclic amines) is 1. The minimum absolute atomic E-state index is 0.0856. The molecule has 1 saturated heterocycles. The molecule has 0 saturated carbocycles. The van der Waals surface area contributed by atoms with E-state index in [9.17, 15) is 14.7 Å². The van der Waals surface area contributed by atoms with Crippen LogP contribution in [0, 0.1) is 0 Å². The van der Waals surface area contributed by atoms with E-state index >= 15 is 0 Å². The number of fused-ring (bicyclic) bond motifs is 1. The van der Waals surface area contributed by atoms with Gasteiger partial charge in [-0.25, -0.2) is 0 Å². The van der Waals surface area contributed by atoms with Crippen molar-refractivity contribution in [3.63, 3.8) is 0 Å². The standard InChI is InChI=1S/C24H26N2O3/c1-2-3-14-26-21(17-10-12-25-13-11-17)20(23(28)24(26)29)22(27)19-9-8-16-6-4-5-7-18(16)15-19/h8-13,15,21,27H,2-7,14H2,1H3/b22-20-. The summed E-state index contributed by atoms with van der Waals surface area (Å²) >= 11 is 0. The van der Waals surface area contributed by atoms with Crippen LogP contribution in [0.25, 0.3) is 5.76 Å². The summed E-state index contributed by atoms with van der Waals surface area (Å²) in [6, 6.07) is 8.90. The maximum absolute atomic E-state index is 12.9. The zero-order valence-corrected chi connectivity index (χ0v) is 16.7. The van der Waals surface area contributed by atoms with Gasteiger partial charge in [-0.15, -0.1) is 0 Å². The summed E-state index contributed by atoms with van der Waals surface area (Å²) in [5.74, 6) is -1.24. The van der Waals surface area contributed by atoms with E-state index in [0.717, 1.165) is 37.7 Å². The van der Waals surface area contributed by atoms with Crippen LogP contribution in [0.15, 0.2) is 48.3 Å². The number of aromatic nitrogens is 1. The first-order valence-corrected chi connectivity index (χ1v) is 10.4. The summed E-state index contributed by atoms with van der Waals surface area (Å²) in [7, 11) is 0. The van der Waals surface area contributed by atoms with E-state index in [-0.39, 0.29) is 11.3 Å². The Bertz CT molecular complexity index is 965. The number of hydrogen-bond acceptors (Lipinski definition) is 4. The van der Waals surface area contributed by atoms with Crippen LogP contribution in [0.2, 0.25) is 0 Å². The number of carbonyl (C=O) groups excluding carboxylic acids is 2. The molecular formula is C24H26N2O3. The molecule has 29 heavy (non-hydrogen) atoms. The summed E-state index contributed by atoms with van der Waals surface area (Å²) in [5.41, 5.74) is 4.10. The molecule has 1 aromatic heterocycles. The molecule has 1 aliphatic heterocycles. The van der Waals surface area contributed by atoms with Crippen LogP contribution >= 0.6 is 0 Å². The van der Waals surface area contributed by atoms with Crippen molar-refractivity contribution in [2.75, 3.05) is 6.54 Å². The van der Waals surface area contributed by atoms with Gasteiger partial charge in [-0.05, 0) is 67.0 Å². The monoisotopic (exact) mass is 390 g/mol. The molecule has 2 heterocycles. The van der Waals surface area contributed by atoms with Crippen molar-refractivity contribution in [3.8, 4) is 0 Å². The number of unbranched alkanes of at least 4 members (excludes halogenated alkanes) is 1. The Kier molecular flexibility index (Phi) is 5.47. The molecule has 1 aromatic carbocycles. The van der Waals surface area contributed by atoms with Crippen LogP contribution in [0.1, 0.15) is 60.9 Å². The fourth-order valence-corrected chi connectivity index (χ4v) is 4.37. The molecule has 2 aliphatic rings. The molecule has 2 aromatic rings. The molecule has 1 unspecified atom stereocenters. The quantitative estimate of drug-likeness (QED) is 0.472. The van der Waals surface area contributed by atoms with Gasteiger partial charge in [-0.1, -0.05) is 25.5 Å². The zero-order chi connectivity index (χ0) is 20.4. The molecule has 1 aliphatic carbocycles. The van der Waals surface area contributed by atoms with Crippen molar-refractivity contribution in [1.29, 1.82) is 0 Å². The molecule has 1 atom stereocenters. The molecule has 1 amide bonds. The third kappa shape index (κ3) is 3.57. The molecule has 5 heteroatoms. The fourth-order valence-electron chi connectivity index (χ4n) is 4.37. The van der Waals surface area contributed by atoms with Crippen molar-refractivity contribution >= 4 is 17.4 Å². The highest BCUT2D eigenvalue weighted by Crippen LogP contribution is 2.39. The Morgan fingerprint density at radius 3 is 2.55 bits per heavy atom. The van der Waals surface area contributed by atoms with Crippen LogP contribution < -0.4 is 0 Å². The van der Waals surface area contributed by atoms with E-state index in [1.54, 1.807) is 29.4 Å². The maximum Gasteiger partial charge on any atom is 0.295 e. The Labute approximate surface area is 171 Å². The summed E-state index contributed by atoms with van der Waals surface area (Å²) in [6.45, 7) is 2.53. The average molecular weight is 390 g/mol. The van der Waals surface area contributed by atoms with Crippen molar-refractivity contribution < 1.29 is 14.7 Å². The van der Waals surface area contributed by atoms with E-state index in [1.165, 1.54) is 17.5 Å². The second-order valence-corrected chi connectivity index (χ2v) is 7.82. The minimum atomic E-state index is -0.613. The van der Waals surface area contributed by atoms with Gasteiger partial charge in [0.25, 0.3) is 11.7 Å². The zero-order valence-electron chi connectivity index (χ0n) is 16.7. The Morgan fingerprint density at radius 1 is 1.10 bits per heavy atom. The number of nitrogens with zero attached hydrogens (tertiary/aromatic N) is 2. The summed E-state index contributed by atoms with van der Waals surface area (Å²) in [4.78, 5) is 31.4.